The second-order valence-corrected chi connectivity index (χ2v) is 8.64. The van der Waals surface area contributed by atoms with Gasteiger partial charge < -0.3 is 4.74 Å². The molecule has 1 saturated carbocycles. The van der Waals surface area contributed by atoms with Gasteiger partial charge in [0.2, 0.25) is 0 Å². The summed E-state index contributed by atoms with van der Waals surface area (Å²) in [5, 5.41) is 0. The summed E-state index contributed by atoms with van der Waals surface area (Å²) < 4.78 is 19.7. The zero-order valence-electron chi connectivity index (χ0n) is 18.2. The van der Waals surface area contributed by atoms with Crippen LogP contribution in [-0.2, 0) is 16.0 Å². The second-order valence-electron chi connectivity index (χ2n) is 8.64. The number of amides is 1. The van der Waals surface area contributed by atoms with E-state index in [9.17, 15) is 9.18 Å². The van der Waals surface area contributed by atoms with Crippen molar-refractivity contribution in [1.29, 1.82) is 0 Å². The second kappa shape index (κ2) is 9.79. The minimum absolute atomic E-state index is 0.0272. The largest absolute Gasteiger partial charge is 0.446 e. The number of quaternary nitrogens is 1. The average Bonchev–Trinajstić information content (AvgIpc) is 2.81. The van der Waals surface area contributed by atoms with E-state index in [0.717, 1.165) is 36.9 Å². The van der Waals surface area contributed by atoms with Crippen molar-refractivity contribution in [3.8, 4) is 0 Å². The van der Waals surface area contributed by atoms with Crippen molar-refractivity contribution in [3.05, 3.63) is 66.0 Å². The quantitative estimate of drug-likeness (QED) is 0.624. The highest BCUT2D eigenvalue weighted by molar-refractivity contribution is 5.69. The molecule has 1 saturated heterocycles. The number of rotatable bonds is 5. The lowest BCUT2D eigenvalue weighted by Crippen LogP contribution is -2.66. The van der Waals surface area contributed by atoms with E-state index in [4.69, 9.17) is 9.57 Å². The molecular formula is C25H32FN2O3+. The lowest BCUT2D eigenvalue weighted by atomic mass is 9.98. The first-order valence-corrected chi connectivity index (χ1v) is 11.3. The molecule has 0 bridgehead atoms. The molecule has 0 radical (unpaired) electrons. The van der Waals surface area contributed by atoms with Crippen molar-refractivity contribution in [1.82, 2.24) is 9.55 Å². The van der Waals surface area contributed by atoms with Gasteiger partial charge in [-0.15, -0.1) is 4.65 Å². The summed E-state index contributed by atoms with van der Waals surface area (Å²) in [5.74, 6) is -0.270. The monoisotopic (exact) mass is 427 g/mol. The molecule has 2 aromatic rings. The van der Waals surface area contributed by atoms with Crippen molar-refractivity contribution in [3.63, 3.8) is 0 Å². The van der Waals surface area contributed by atoms with Gasteiger partial charge in [-0.3, -0.25) is 4.90 Å². The SMILES string of the molecule is CO[N+]1(c2ccc(F)cc2)CCN(C(=O)OC2CCCCC2)C(Cc2ccccc2)C1. The number of carbonyl (C=O) groups excluding carboxylic acids is 1. The molecule has 1 aliphatic heterocycles. The highest BCUT2D eigenvalue weighted by Crippen LogP contribution is 2.30. The van der Waals surface area contributed by atoms with Gasteiger partial charge in [-0.05, 0) is 49.8 Å². The van der Waals surface area contributed by atoms with Crippen molar-refractivity contribution in [2.75, 3.05) is 26.7 Å². The third-order valence-electron chi connectivity index (χ3n) is 6.66. The molecule has 1 amide bonds. The Kier molecular flexibility index (Phi) is 6.88. The number of piperazine rings is 1. The highest BCUT2D eigenvalue weighted by Gasteiger charge is 2.45. The fraction of sp³-hybridized carbons (Fsp3) is 0.480. The maximum Gasteiger partial charge on any atom is 0.410 e. The first-order valence-electron chi connectivity index (χ1n) is 11.3. The third kappa shape index (κ3) is 5.08. The van der Waals surface area contributed by atoms with Gasteiger partial charge in [-0.25, -0.2) is 14.0 Å². The molecule has 0 spiro atoms. The Morgan fingerprint density at radius 2 is 1.77 bits per heavy atom. The van der Waals surface area contributed by atoms with Gasteiger partial charge in [0.25, 0.3) is 0 Å². The number of hydrogen-bond acceptors (Lipinski definition) is 3. The van der Waals surface area contributed by atoms with Gasteiger partial charge in [0, 0.05) is 12.1 Å². The molecule has 2 aliphatic rings. The molecule has 31 heavy (non-hydrogen) atoms. The van der Waals surface area contributed by atoms with Gasteiger partial charge >= 0.3 is 6.09 Å². The van der Waals surface area contributed by atoms with Crippen LogP contribution in [0.2, 0.25) is 0 Å². The Bertz CT molecular complexity index is 855. The topological polar surface area (TPSA) is 38.8 Å². The van der Waals surface area contributed by atoms with Crippen LogP contribution in [0.4, 0.5) is 14.9 Å². The maximum absolute atomic E-state index is 13.5. The lowest BCUT2D eigenvalue weighted by molar-refractivity contribution is -0.151. The number of benzene rings is 2. The van der Waals surface area contributed by atoms with Gasteiger partial charge in [-0.1, -0.05) is 36.8 Å². The molecule has 2 aromatic carbocycles. The molecule has 2 unspecified atom stereocenters. The van der Waals surface area contributed by atoms with E-state index in [1.807, 2.05) is 23.1 Å². The summed E-state index contributed by atoms with van der Waals surface area (Å²) in [4.78, 5) is 21.0. The van der Waals surface area contributed by atoms with Crippen LogP contribution in [0.15, 0.2) is 54.6 Å². The molecule has 0 aromatic heterocycles. The highest BCUT2D eigenvalue weighted by atomic mass is 19.1. The van der Waals surface area contributed by atoms with Crippen LogP contribution in [0, 0.1) is 5.82 Å². The van der Waals surface area contributed by atoms with Crippen molar-refractivity contribution in [2.24, 2.45) is 0 Å². The molecule has 1 heterocycles. The molecule has 4 rings (SSSR count). The maximum atomic E-state index is 13.5. The van der Waals surface area contributed by atoms with Crippen LogP contribution in [0.3, 0.4) is 0 Å². The Hall–Kier alpha value is -2.44. The minimum atomic E-state index is -0.270. The molecule has 1 aliphatic carbocycles. The predicted molar refractivity (Wildman–Crippen MR) is 119 cm³/mol. The predicted octanol–water partition coefficient (Wildman–Crippen LogP) is 5.09. The van der Waals surface area contributed by atoms with Crippen LogP contribution in [0.25, 0.3) is 0 Å². The lowest BCUT2D eigenvalue weighted by Gasteiger charge is -2.45. The molecular weight excluding hydrogens is 395 g/mol. The van der Waals surface area contributed by atoms with E-state index in [0.29, 0.717) is 26.1 Å². The first-order chi connectivity index (χ1) is 15.1. The van der Waals surface area contributed by atoms with Crippen LogP contribution in [0.1, 0.15) is 37.7 Å². The first kappa shape index (κ1) is 21.8. The smallest absolute Gasteiger partial charge is 0.410 e. The van der Waals surface area contributed by atoms with E-state index in [1.54, 1.807) is 19.2 Å². The summed E-state index contributed by atoms with van der Waals surface area (Å²) in [7, 11) is 1.68. The van der Waals surface area contributed by atoms with Crippen molar-refractivity contribution >= 4 is 11.8 Å². The summed E-state index contributed by atoms with van der Waals surface area (Å²) in [5.41, 5.74) is 2.06. The van der Waals surface area contributed by atoms with Crippen LogP contribution >= 0.6 is 0 Å². The Balaban J connectivity index is 1.56. The summed E-state index contributed by atoms with van der Waals surface area (Å²) in [6, 6.07) is 16.6. The fourth-order valence-electron chi connectivity index (χ4n) is 4.90. The number of ether oxygens (including phenoxy) is 1. The third-order valence-corrected chi connectivity index (χ3v) is 6.66. The summed E-state index contributed by atoms with van der Waals surface area (Å²) in [6.07, 6.45) is 5.90. The average molecular weight is 428 g/mol. The van der Waals surface area contributed by atoms with Crippen LogP contribution in [0.5, 0.6) is 0 Å². The van der Waals surface area contributed by atoms with Gasteiger partial charge in [0.1, 0.15) is 25.0 Å². The Labute approximate surface area is 183 Å². The number of hydroxylamine groups is 2. The zero-order valence-corrected chi connectivity index (χ0v) is 18.2. The molecule has 2 fully saturated rings. The molecule has 166 valence electrons. The van der Waals surface area contributed by atoms with Crippen LogP contribution < -0.4 is 4.65 Å². The number of nitrogens with zero attached hydrogens (tertiary/aromatic N) is 2. The molecule has 6 heteroatoms. The van der Waals surface area contributed by atoms with Crippen molar-refractivity contribution in [2.45, 2.75) is 50.7 Å². The van der Waals surface area contributed by atoms with E-state index in [1.165, 1.54) is 18.6 Å². The number of carbonyl (C=O) groups is 1. The number of halogens is 1. The van der Waals surface area contributed by atoms with Gasteiger partial charge in [0.15, 0.2) is 5.69 Å². The zero-order chi connectivity index (χ0) is 21.7. The van der Waals surface area contributed by atoms with Gasteiger partial charge in [0.05, 0.1) is 19.7 Å². The minimum Gasteiger partial charge on any atom is -0.446 e. The van der Waals surface area contributed by atoms with E-state index in [2.05, 4.69) is 12.1 Å². The van der Waals surface area contributed by atoms with Crippen molar-refractivity contribution < 1.29 is 18.8 Å². The number of hydrogen-bond donors (Lipinski definition) is 0. The van der Waals surface area contributed by atoms with Gasteiger partial charge in [-0.2, -0.15) is 0 Å². The van der Waals surface area contributed by atoms with E-state index >= 15 is 0 Å². The summed E-state index contributed by atoms with van der Waals surface area (Å²) in [6.45, 7) is 1.69. The van der Waals surface area contributed by atoms with Crippen LogP contribution in [-0.4, -0.2) is 49.9 Å². The Morgan fingerprint density at radius 3 is 2.45 bits per heavy atom. The molecule has 0 N–H and O–H groups in total. The summed E-state index contributed by atoms with van der Waals surface area (Å²) >= 11 is 0. The molecule has 5 nitrogen and oxygen atoms in total. The Morgan fingerprint density at radius 1 is 1.06 bits per heavy atom. The fourth-order valence-corrected chi connectivity index (χ4v) is 4.90. The van der Waals surface area contributed by atoms with E-state index in [-0.39, 0.29) is 28.7 Å². The molecule has 2 atom stereocenters. The normalized spacial score (nSPS) is 24.7. The standard InChI is InChI=1S/C25H32FN2O3/c1-30-28(23-14-12-21(26)13-15-23)17-16-27(25(29)31-24-10-6-3-7-11-24)22(19-28)18-20-8-4-2-5-9-20/h2,4-5,8-9,12-15,22,24H,3,6-7,10-11,16-19H2,1H3/q+1. The van der Waals surface area contributed by atoms with E-state index < -0.39 is 0 Å².